The zero-order valence-corrected chi connectivity index (χ0v) is 10.6. The monoisotopic (exact) mass is 282 g/mol. The minimum absolute atomic E-state index is 0.0290. The lowest BCUT2D eigenvalue weighted by Gasteiger charge is -2.10. The highest BCUT2D eigenvalue weighted by Crippen LogP contribution is 2.25. The molecule has 1 rings (SSSR count). The van der Waals surface area contributed by atoms with Crippen LogP contribution in [0.4, 0.5) is 13.2 Å². The number of alkyl halides is 3. The number of benzene rings is 1. The third kappa shape index (κ3) is 5.60. The Morgan fingerprint density at radius 1 is 1.22 bits per heavy atom. The maximum absolute atomic E-state index is 11.8. The van der Waals surface area contributed by atoms with Gasteiger partial charge >= 0.3 is 6.18 Å². The van der Waals surface area contributed by atoms with Gasteiger partial charge in [0.05, 0.1) is 11.6 Å². The maximum Gasteiger partial charge on any atom is 0.411 e. The Hall–Kier alpha value is -0.940. The van der Waals surface area contributed by atoms with Crippen LogP contribution in [0.1, 0.15) is 12.5 Å². The topological polar surface area (TPSA) is 18.5 Å². The molecule has 1 aromatic carbocycles. The molecule has 0 spiro atoms. The molecule has 0 radical (unpaired) electrons. The molecule has 18 heavy (non-hydrogen) atoms. The standard InChI is InChI=1S/C12H14ClF3O2/c1-2-9-3-4-11(10(13)7-9)18-6-5-17-8-12(14,15)16/h3-4,7H,2,5-6,8H2,1H3. The van der Waals surface area contributed by atoms with Gasteiger partial charge in [0.25, 0.3) is 0 Å². The number of aryl methyl sites for hydroxylation is 1. The summed E-state index contributed by atoms with van der Waals surface area (Å²) in [6.07, 6.45) is -3.45. The zero-order valence-electron chi connectivity index (χ0n) is 9.89. The highest BCUT2D eigenvalue weighted by molar-refractivity contribution is 6.32. The van der Waals surface area contributed by atoms with E-state index in [0.29, 0.717) is 10.8 Å². The summed E-state index contributed by atoms with van der Waals surface area (Å²) < 4.78 is 44.9. The van der Waals surface area contributed by atoms with Gasteiger partial charge in [0.2, 0.25) is 0 Å². The van der Waals surface area contributed by atoms with E-state index in [-0.39, 0.29) is 13.2 Å². The molecule has 0 saturated heterocycles. The van der Waals surface area contributed by atoms with E-state index in [1.54, 1.807) is 12.1 Å². The molecule has 1 aromatic rings. The van der Waals surface area contributed by atoms with Crippen LogP contribution in [0.2, 0.25) is 5.02 Å². The van der Waals surface area contributed by atoms with Crippen molar-refractivity contribution >= 4 is 11.6 Å². The summed E-state index contributed by atoms with van der Waals surface area (Å²) in [4.78, 5) is 0. The van der Waals surface area contributed by atoms with E-state index in [9.17, 15) is 13.2 Å². The van der Waals surface area contributed by atoms with Gasteiger partial charge in [0, 0.05) is 0 Å². The lowest BCUT2D eigenvalue weighted by atomic mass is 10.2. The van der Waals surface area contributed by atoms with Crippen LogP contribution in [-0.2, 0) is 11.2 Å². The first-order chi connectivity index (χ1) is 8.42. The molecule has 0 heterocycles. The second kappa shape index (κ2) is 6.85. The first-order valence-electron chi connectivity index (χ1n) is 5.48. The average molecular weight is 283 g/mol. The van der Waals surface area contributed by atoms with Crippen LogP contribution in [0.25, 0.3) is 0 Å². The molecule has 2 nitrogen and oxygen atoms in total. The highest BCUT2D eigenvalue weighted by atomic mass is 35.5. The van der Waals surface area contributed by atoms with Gasteiger partial charge in [-0.15, -0.1) is 0 Å². The number of hydrogen-bond donors (Lipinski definition) is 0. The largest absolute Gasteiger partial charge is 0.490 e. The number of hydrogen-bond acceptors (Lipinski definition) is 2. The van der Waals surface area contributed by atoms with Crippen LogP contribution in [0.15, 0.2) is 18.2 Å². The third-order valence-corrected chi connectivity index (χ3v) is 2.45. The SMILES string of the molecule is CCc1ccc(OCCOCC(F)(F)F)c(Cl)c1. The molecule has 0 saturated carbocycles. The molecule has 0 aliphatic rings. The second-order valence-corrected chi connectivity index (χ2v) is 4.04. The van der Waals surface area contributed by atoms with E-state index in [4.69, 9.17) is 16.3 Å². The van der Waals surface area contributed by atoms with E-state index in [2.05, 4.69) is 4.74 Å². The van der Waals surface area contributed by atoms with Crippen LogP contribution >= 0.6 is 11.6 Å². The van der Waals surface area contributed by atoms with Crippen molar-refractivity contribution in [2.45, 2.75) is 19.5 Å². The normalized spacial score (nSPS) is 11.6. The predicted molar refractivity (Wildman–Crippen MR) is 63.2 cm³/mol. The van der Waals surface area contributed by atoms with E-state index in [0.717, 1.165) is 12.0 Å². The Balaban J connectivity index is 2.31. The van der Waals surface area contributed by atoms with Crippen molar-refractivity contribution in [3.8, 4) is 5.75 Å². The van der Waals surface area contributed by atoms with Crippen LogP contribution in [0, 0.1) is 0 Å². The predicted octanol–water partition coefficient (Wildman–Crippen LogP) is 3.86. The fourth-order valence-corrected chi connectivity index (χ4v) is 1.54. The molecule has 6 heteroatoms. The van der Waals surface area contributed by atoms with Gasteiger partial charge in [-0.25, -0.2) is 0 Å². The van der Waals surface area contributed by atoms with Crippen molar-refractivity contribution in [2.75, 3.05) is 19.8 Å². The summed E-state index contributed by atoms with van der Waals surface area (Å²) >= 11 is 5.95. The van der Waals surface area contributed by atoms with Crippen molar-refractivity contribution in [2.24, 2.45) is 0 Å². The zero-order chi connectivity index (χ0) is 13.6. The van der Waals surface area contributed by atoms with Crippen molar-refractivity contribution in [1.82, 2.24) is 0 Å². The fraction of sp³-hybridized carbons (Fsp3) is 0.500. The minimum Gasteiger partial charge on any atom is -0.490 e. The summed E-state index contributed by atoms with van der Waals surface area (Å²) in [5.74, 6) is 0.449. The molecular formula is C12H14ClF3O2. The van der Waals surface area contributed by atoms with E-state index in [1.165, 1.54) is 0 Å². The molecule has 0 N–H and O–H groups in total. The summed E-state index contributed by atoms with van der Waals surface area (Å²) in [5.41, 5.74) is 1.07. The Morgan fingerprint density at radius 3 is 2.50 bits per heavy atom. The van der Waals surface area contributed by atoms with Crippen LogP contribution in [-0.4, -0.2) is 26.0 Å². The molecule has 0 aliphatic carbocycles. The Labute approximate surface area is 109 Å². The maximum atomic E-state index is 11.8. The Morgan fingerprint density at radius 2 is 1.94 bits per heavy atom. The summed E-state index contributed by atoms with van der Waals surface area (Å²) in [6, 6.07) is 5.33. The molecule has 0 bridgehead atoms. The van der Waals surface area contributed by atoms with Crippen LogP contribution in [0.3, 0.4) is 0 Å². The fourth-order valence-electron chi connectivity index (χ4n) is 1.28. The van der Waals surface area contributed by atoms with Gasteiger partial charge in [-0.3, -0.25) is 0 Å². The van der Waals surface area contributed by atoms with E-state index in [1.807, 2.05) is 13.0 Å². The van der Waals surface area contributed by atoms with Gasteiger partial charge < -0.3 is 9.47 Å². The van der Waals surface area contributed by atoms with Gasteiger partial charge in [0.15, 0.2) is 0 Å². The quantitative estimate of drug-likeness (QED) is 0.738. The minimum atomic E-state index is -4.31. The average Bonchev–Trinajstić information content (AvgIpc) is 2.29. The highest BCUT2D eigenvalue weighted by Gasteiger charge is 2.27. The van der Waals surface area contributed by atoms with Crippen LogP contribution in [0.5, 0.6) is 5.75 Å². The number of ether oxygens (including phenoxy) is 2. The molecule has 0 unspecified atom stereocenters. The molecule has 0 amide bonds. The molecule has 102 valence electrons. The number of rotatable bonds is 6. The van der Waals surface area contributed by atoms with Crippen LogP contribution < -0.4 is 4.74 Å². The Bertz CT molecular complexity index is 380. The van der Waals surface area contributed by atoms with Crippen molar-refractivity contribution in [1.29, 1.82) is 0 Å². The van der Waals surface area contributed by atoms with Crippen molar-refractivity contribution < 1.29 is 22.6 Å². The smallest absolute Gasteiger partial charge is 0.411 e. The van der Waals surface area contributed by atoms with Gasteiger partial charge in [-0.1, -0.05) is 24.6 Å². The first-order valence-corrected chi connectivity index (χ1v) is 5.86. The lowest BCUT2D eigenvalue weighted by molar-refractivity contribution is -0.175. The molecule has 0 aliphatic heterocycles. The summed E-state index contributed by atoms with van der Waals surface area (Å²) in [5, 5.41) is 0.449. The third-order valence-electron chi connectivity index (χ3n) is 2.16. The number of halogens is 4. The summed E-state index contributed by atoms with van der Waals surface area (Å²) in [6.45, 7) is 0.628. The summed E-state index contributed by atoms with van der Waals surface area (Å²) in [7, 11) is 0. The molecule has 0 atom stereocenters. The van der Waals surface area contributed by atoms with Gasteiger partial charge in [-0.2, -0.15) is 13.2 Å². The van der Waals surface area contributed by atoms with Crippen molar-refractivity contribution in [3.63, 3.8) is 0 Å². The second-order valence-electron chi connectivity index (χ2n) is 3.63. The van der Waals surface area contributed by atoms with E-state index < -0.39 is 12.8 Å². The van der Waals surface area contributed by atoms with E-state index >= 15 is 0 Å². The molecule has 0 aromatic heterocycles. The lowest BCUT2D eigenvalue weighted by Crippen LogP contribution is -2.19. The first kappa shape index (κ1) is 15.1. The van der Waals surface area contributed by atoms with Crippen molar-refractivity contribution in [3.05, 3.63) is 28.8 Å². The Kier molecular flexibility index (Phi) is 5.75. The molecule has 0 fully saturated rings. The van der Waals surface area contributed by atoms with Gasteiger partial charge in [0.1, 0.15) is 19.0 Å². The van der Waals surface area contributed by atoms with Gasteiger partial charge in [-0.05, 0) is 24.1 Å². The molecular weight excluding hydrogens is 269 g/mol.